The molecule has 1 saturated heterocycles. The van der Waals surface area contributed by atoms with Crippen LogP contribution in [-0.2, 0) is 4.74 Å². The molecular formula is C8H16O3. The van der Waals surface area contributed by atoms with E-state index in [1.54, 1.807) is 0 Å². The summed E-state index contributed by atoms with van der Waals surface area (Å²) in [7, 11) is 0. The van der Waals surface area contributed by atoms with Crippen molar-refractivity contribution in [2.24, 2.45) is 5.92 Å². The monoisotopic (exact) mass is 160 g/mol. The quantitative estimate of drug-likeness (QED) is 0.604. The molecule has 0 amide bonds. The summed E-state index contributed by atoms with van der Waals surface area (Å²) in [5, 5.41) is 18.7. The fourth-order valence-electron chi connectivity index (χ4n) is 1.43. The van der Waals surface area contributed by atoms with Crippen molar-refractivity contribution < 1.29 is 14.9 Å². The lowest BCUT2D eigenvalue weighted by Crippen LogP contribution is -2.31. The molecule has 1 fully saturated rings. The molecule has 0 aliphatic carbocycles. The summed E-state index contributed by atoms with van der Waals surface area (Å²) in [4.78, 5) is 0. The number of aliphatic hydroxyl groups excluding tert-OH is 2. The third-order valence-electron chi connectivity index (χ3n) is 2.38. The van der Waals surface area contributed by atoms with Gasteiger partial charge in [-0.1, -0.05) is 13.8 Å². The Morgan fingerprint density at radius 1 is 1.64 bits per heavy atom. The number of aliphatic hydroxyl groups is 2. The van der Waals surface area contributed by atoms with Crippen LogP contribution in [0.1, 0.15) is 20.3 Å². The van der Waals surface area contributed by atoms with E-state index in [-0.39, 0.29) is 12.0 Å². The highest BCUT2D eigenvalue weighted by atomic mass is 16.5. The van der Waals surface area contributed by atoms with Gasteiger partial charge in [0.1, 0.15) is 0 Å². The van der Waals surface area contributed by atoms with E-state index >= 15 is 0 Å². The number of rotatable bonds is 2. The second kappa shape index (κ2) is 3.52. The number of ether oxygens (including phenoxy) is 1. The molecule has 1 heterocycles. The fraction of sp³-hybridized carbons (Fsp3) is 1.00. The number of hydrogen-bond acceptors (Lipinski definition) is 3. The third-order valence-corrected chi connectivity index (χ3v) is 2.38. The minimum Gasteiger partial charge on any atom is -0.390 e. The van der Waals surface area contributed by atoms with Crippen molar-refractivity contribution in [2.75, 3.05) is 6.61 Å². The molecule has 3 nitrogen and oxygen atoms in total. The smallest absolute Gasteiger partial charge is 0.0886 e. The van der Waals surface area contributed by atoms with Gasteiger partial charge in [-0.2, -0.15) is 0 Å². The highest BCUT2D eigenvalue weighted by molar-refractivity contribution is 4.84. The lowest BCUT2D eigenvalue weighted by molar-refractivity contribution is -0.0176. The van der Waals surface area contributed by atoms with E-state index in [1.807, 2.05) is 13.8 Å². The third kappa shape index (κ3) is 1.72. The molecule has 1 aliphatic heterocycles. The van der Waals surface area contributed by atoms with Crippen molar-refractivity contribution in [3.8, 4) is 0 Å². The highest BCUT2D eigenvalue weighted by Gasteiger charge is 2.36. The molecule has 4 atom stereocenters. The van der Waals surface area contributed by atoms with Crippen LogP contribution < -0.4 is 0 Å². The summed E-state index contributed by atoms with van der Waals surface area (Å²) in [5.74, 6) is 0.0601. The SMILES string of the molecule is CCC(O)C1OCC(O)C1C. The zero-order chi connectivity index (χ0) is 8.43. The van der Waals surface area contributed by atoms with Crippen LogP contribution in [0.3, 0.4) is 0 Å². The predicted octanol–water partition coefficient (Wildman–Crippen LogP) is 0.153. The lowest BCUT2D eigenvalue weighted by atomic mass is 9.96. The van der Waals surface area contributed by atoms with Crippen molar-refractivity contribution in [2.45, 2.75) is 38.6 Å². The van der Waals surface area contributed by atoms with Gasteiger partial charge < -0.3 is 14.9 Å². The van der Waals surface area contributed by atoms with Gasteiger partial charge >= 0.3 is 0 Å². The molecule has 11 heavy (non-hydrogen) atoms. The molecule has 66 valence electrons. The Labute approximate surface area is 67.0 Å². The number of hydrogen-bond donors (Lipinski definition) is 2. The summed E-state index contributed by atoms with van der Waals surface area (Å²) >= 11 is 0. The van der Waals surface area contributed by atoms with Gasteiger partial charge in [-0.25, -0.2) is 0 Å². The van der Waals surface area contributed by atoms with Crippen LogP contribution in [0.4, 0.5) is 0 Å². The maximum atomic E-state index is 9.41. The molecule has 2 N–H and O–H groups in total. The first-order valence-corrected chi connectivity index (χ1v) is 4.14. The van der Waals surface area contributed by atoms with Crippen LogP contribution in [0.5, 0.6) is 0 Å². The Bertz CT molecular complexity index is 127. The molecule has 4 unspecified atom stereocenters. The summed E-state index contributed by atoms with van der Waals surface area (Å²) in [6.07, 6.45) is -0.319. The van der Waals surface area contributed by atoms with Gasteiger partial charge in [0, 0.05) is 5.92 Å². The minimum absolute atomic E-state index is 0.0601. The maximum absolute atomic E-state index is 9.41. The first kappa shape index (κ1) is 8.97. The Hall–Kier alpha value is -0.120. The van der Waals surface area contributed by atoms with Crippen molar-refractivity contribution in [1.82, 2.24) is 0 Å². The van der Waals surface area contributed by atoms with Crippen LogP contribution in [0.2, 0.25) is 0 Å². The van der Waals surface area contributed by atoms with Gasteiger partial charge in [0.2, 0.25) is 0 Å². The molecule has 0 aromatic carbocycles. The zero-order valence-electron chi connectivity index (χ0n) is 7.03. The summed E-state index contributed by atoms with van der Waals surface area (Å²) in [5.41, 5.74) is 0. The lowest BCUT2D eigenvalue weighted by Gasteiger charge is -2.20. The predicted molar refractivity (Wildman–Crippen MR) is 41.2 cm³/mol. The van der Waals surface area contributed by atoms with E-state index in [2.05, 4.69) is 0 Å². The normalized spacial score (nSPS) is 40.9. The molecule has 0 aromatic rings. The molecule has 1 rings (SSSR count). The van der Waals surface area contributed by atoms with Gasteiger partial charge in [-0.3, -0.25) is 0 Å². The topological polar surface area (TPSA) is 49.7 Å². The fourth-order valence-corrected chi connectivity index (χ4v) is 1.43. The van der Waals surface area contributed by atoms with E-state index in [4.69, 9.17) is 4.74 Å². The van der Waals surface area contributed by atoms with E-state index < -0.39 is 12.2 Å². The van der Waals surface area contributed by atoms with E-state index in [0.717, 1.165) is 0 Å². The first-order chi connectivity index (χ1) is 5.16. The van der Waals surface area contributed by atoms with Crippen LogP contribution in [0, 0.1) is 5.92 Å². The molecule has 3 heteroatoms. The van der Waals surface area contributed by atoms with E-state index in [9.17, 15) is 10.2 Å². The van der Waals surface area contributed by atoms with E-state index in [0.29, 0.717) is 13.0 Å². The van der Waals surface area contributed by atoms with Crippen molar-refractivity contribution in [1.29, 1.82) is 0 Å². The molecule has 0 aromatic heterocycles. The van der Waals surface area contributed by atoms with Crippen LogP contribution in [-0.4, -0.2) is 35.1 Å². The van der Waals surface area contributed by atoms with Gasteiger partial charge in [-0.15, -0.1) is 0 Å². The second-order valence-electron chi connectivity index (χ2n) is 3.20. The standard InChI is InChI=1S/C8H16O3/c1-3-6(9)8-5(2)7(10)4-11-8/h5-10H,3-4H2,1-2H3. The Morgan fingerprint density at radius 3 is 2.64 bits per heavy atom. The maximum Gasteiger partial charge on any atom is 0.0886 e. The Balaban J connectivity index is 2.47. The summed E-state index contributed by atoms with van der Waals surface area (Å²) in [6, 6.07) is 0. The van der Waals surface area contributed by atoms with Crippen LogP contribution in [0.15, 0.2) is 0 Å². The van der Waals surface area contributed by atoms with Gasteiger partial charge in [-0.05, 0) is 6.42 Å². The van der Waals surface area contributed by atoms with E-state index in [1.165, 1.54) is 0 Å². The van der Waals surface area contributed by atoms with Gasteiger partial charge in [0.15, 0.2) is 0 Å². The Morgan fingerprint density at radius 2 is 2.27 bits per heavy atom. The summed E-state index contributed by atoms with van der Waals surface area (Å²) < 4.78 is 5.23. The first-order valence-electron chi connectivity index (χ1n) is 4.14. The van der Waals surface area contributed by atoms with Crippen molar-refractivity contribution in [3.05, 3.63) is 0 Å². The molecule has 0 radical (unpaired) electrons. The Kier molecular flexibility index (Phi) is 2.87. The molecule has 0 saturated carbocycles. The average Bonchev–Trinajstić information content (AvgIpc) is 2.32. The second-order valence-corrected chi connectivity index (χ2v) is 3.20. The largest absolute Gasteiger partial charge is 0.390 e. The summed E-state index contributed by atoms with van der Waals surface area (Å²) in [6.45, 7) is 4.18. The van der Waals surface area contributed by atoms with Crippen LogP contribution in [0.25, 0.3) is 0 Å². The van der Waals surface area contributed by atoms with Gasteiger partial charge in [0.05, 0.1) is 24.9 Å². The minimum atomic E-state index is -0.429. The molecule has 0 bridgehead atoms. The van der Waals surface area contributed by atoms with Crippen molar-refractivity contribution in [3.63, 3.8) is 0 Å². The molecule has 1 aliphatic rings. The molecular weight excluding hydrogens is 144 g/mol. The van der Waals surface area contributed by atoms with Crippen LogP contribution >= 0.6 is 0 Å². The molecule has 0 spiro atoms. The average molecular weight is 160 g/mol. The van der Waals surface area contributed by atoms with Gasteiger partial charge in [0.25, 0.3) is 0 Å². The zero-order valence-corrected chi connectivity index (χ0v) is 7.03. The highest BCUT2D eigenvalue weighted by Crippen LogP contribution is 2.24. The van der Waals surface area contributed by atoms with Crippen molar-refractivity contribution >= 4 is 0 Å².